The number of nitrogens with one attached hydrogen (secondary N) is 1. The van der Waals surface area contributed by atoms with Gasteiger partial charge < -0.3 is 5.32 Å². The first-order chi connectivity index (χ1) is 15.3. The molecule has 0 fully saturated rings. The van der Waals surface area contributed by atoms with Gasteiger partial charge in [0.25, 0.3) is 10.0 Å². The molecule has 3 aromatic rings. The molecule has 1 N–H and O–H groups in total. The van der Waals surface area contributed by atoms with Gasteiger partial charge in [-0.25, -0.2) is 17.2 Å². The number of halogens is 2. The van der Waals surface area contributed by atoms with Crippen LogP contribution in [0.15, 0.2) is 77.7 Å². The molecule has 0 spiro atoms. The number of rotatable bonds is 9. The SMILES string of the molecule is Cc1ccc(S(=O)(=O)N(CC(=O)NCCCc2ccc(F)cc2)c2ccc(F)cc2)cc1. The van der Waals surface area contributed by atoms with Crippen LogP contribution in [0.5, 0.6) is 0 Å². The molecule has 1 amide bonds. The third-order valence-corrected chi connectivity index (χ3v) is 6.68. The fraction of sp³-hybridized carbons (Fsp3) is 0.208. The second-order valence-corrected chi connectivity index (χ2v) is 9.24. The molecule has 32 heavy (non-hydrogen) atoms. The van der Waals surface area contributed by atoms with E-state index in [9.17, 15) is 22.0 Å². The summed E-state index contributed by atoms with van der Waals surface area (Å²) in [6.45, 7) is 1.73. The number of carbonyl (C=O) groups excluding carboxylic acids is 1. The monoisotopic (exact) mass is 458 g/mol. The standard InChI is InChI=1S/C24H24F2N2O3S/c1-18-4-14-23(15-5-18)32(30,31)28(22-12-10-21(26)11-13-22)17-24(29)27-16-2-3-19-6-8-20(25)9-7-19/h4-15H,2-3,16-17H2,1H3,(H,27,29). The van der Waals surface area contributed by atoms with Gasteiger partial charge in [-0.3, -0.25) is 9.10 Å². The first-order valence-corrected chi connectivity index (χ1v) is 11.6. The minimum Gasteiger partial charge on any atom is -0.355 e. The van der Waals surface area contributed by atoms with Crippen LogP contribution in [0.25, 0.3) is 0 Å². The minimum atomic E-state index is -4.04. The number of nitrogens with zero attached hydrogens (tertiary/aromatic N) is 1. The van der Waals surface area contributed by atoms with Crippen molar-refractivity contribution >= 4 is 21.6 Å². The lowest BCUT2D eigenvalue weighted by molar-refractivity contribution is -0.119. The van der Waals surface area contributed by atoms with Crippen LogP contribution in [0.4, 0.5) is 14.5 Å². The maximum atomic E-state index is 13.4. The van der Waals surface area contributed by atoms with E-state index in [4.69, 9.17) is 0 Å². The molecule has 0 bridgehead atoms. The van der Waals surface area contributed by atoms with Crippen molar-refractivity contribution in [2.75, 3.05) is 17.4 Å². The molecular formula is C24H24F2N2O3S. The molecular weight excluding hydrogens is 434 g/mol. The molecule has 3 rings (SSSR count). The molecule has 0 atom stereocenters. The second-order valence-electron chi connectivity index (χ2n) is 7.38. The lowest BCUT2D eigenvalue weighted by Crippen LogP contribution is -2.41. The highest BCUT2D eigenvalue weighted by atomic mass is 32.2. The van der Waals surface area contributed by atoms with Crippen molar-refractivity contribution in [3.8, 4) is 0 Å². The molecule has 0 aromatic heterocycles. The Hall–Kier alpha value is -3.26. The van der Waals surface area contributed by atoms with Gasteiger partial charge in [-0.15, -0.1) is 0 Å². The third kappa shape index (κ3) is 6.13. The average Bonchev–Trinajstić information content (AvgIpc) is 2.77. The van der Waals surface area contributed by atoms with Gasteiger partial charge in [0.15, 0.2) is 0 Å². The minimum absolute atomic E-state index is 0.0385. The summed E-state index contributed by atoms with van der Waals surface area (Å²) in [4.78, 5) is 12.6. The molecule has 8 heteroatoms. The number of amides is 1. The lowest BCUT2D eigenvalue weighted by atomic mass is 10.1. The summed E-state index contributed by atoms with van der Waals surface area (Å²) < 4.78 is 53.8. The molecule has 0 saturated carbocycles. The maximum Gasteiger partial charge on any atom is 0.264 e. The number of carbonyl (C=O) groups is 1. The zero-order valence-electron chi connectivity index (χ0n) is 17.6. The van der Waals surface area contributed by atoms with Crippen molar-refractivity contribution in [3.63, 3.8) is 0 Å². The summed E-state index contributed by atoms with van der Waals surface area (Å²) in [5, 5.41) is 2.72. The largest absolute Gasteiger partial charge is 0.355 e. The van der Waals surface area contributed by atoms with Gasteiger partial charge in [0.2, 0.25) is 5.91 Å². The van der Waals surface area contributed by atoms with Crippen molar-refractivity contribution in [2.24, 2.45) is 0 Å². The van der Waals surface area contributed by atoms with Crippen molar-refractivity contribution in [1.82, 2.24) is 5.32 Å². The summed E-state index contributed by atoms with van der Waals surface area (Å²) in [7, 11) is -4.04. The highest BCUT2D eigenvalue weighted by Crippen LogP contribution is 2.24. The summed E-state index contributed by atoms with van der Waals surface area (Å²) in [6, 6.07) is 17.4. The highest BCUT2D eigenvalue weighted by Gasteiger charge is 2.27. The van der Waals surface area contributed by atoms with Gasteiger partial charge in [0.1, 0.15) is 18.2 Å². The predicted molar refractivity (Wildman–Crippen MR) is 120 cm³/mol. The van der Waals surface area contributed by atoms with Crippen molar-refractivity contribution in [3.05, 3.63) is 95.6 Å². The zero-order chi connectivity index (χ0) is 23.1. The molecule has 3 aromatic carbocycles. The fourth-order valence-electron chi connectivity index (χ4n) is 3.12. The zero-order valence-corrected chi connectivity index (χ0v) is 18.4. The molecule has 0 aliphatic rings. The van der Waals surface area contributed by atoms with Gasteiger partial charge in [-0.1, -0.05) is 29.8 Å². The third-order valence-electron chi connectivity index (χ3n) is 4.89. The maximum absolute atomic E-state index is 13.4. The Bertz CT molecular complexity index is 1150. The molecule has 5 nitrogen and oxygen atoms in total. The van der Waals surface area contributed by atoms with Gasteiger partial charge in [0.05, 0.1) is 10.6 Å². The summed E-state index contributed by atoms with van der Waals surface area (Å²) in [5.41, 5.74) is 2.03. The molecule has 0 aliphatic heterocycles. The number of hydrogen-bond acceptors (Lipinski definition) is 3. The van der Waals surface area contributed by atoms with Crippen LogP contribution in [0.3, 0.4) is 0 Å². The van der Waals surface area contributed by atoms with Gasteiger partial charge in [-0.05, 0) is 73.9 Å². The van der Waals surface area contributed by atoms with E-state index in [0.717, 1.165) is 27.6 Å². The van der Waals surface area contributed by atoms with E-state index >= 15 is 0 Å². The summed E-state index contributed by atoms with van der Waals surface area (Å²) in [5.74, 6) is -1.30. The topological polar surface area (TPSA) is 66.5 Å². The van der Waals surface area contributed by atoms with Crippen LogP contribution in [0, 0.1) is 18.6 Å². The van der Waals surface area contributed by atoms with Gasteiger partial charge >= 0.3 is 0 Å². The van der Waals surface area contributed by atoms with Crippen molar-refractivity contribution in [1.29, 1.82) is 0 Å². The van der Waals surface area contributed by atoms with E-state index < -0.39 is 28.3 Å². The smallest absolute Gasteiger partial charge is 0.264 e. The summed E-state index contributed by atoms with van der Waals surface area (Å²) >= 11 is 0. The Kier molecular flexibility index (Phi) is 7.58. The predicted octanol–water partition coefficient (Wildman–Crippen LogP) is 4.22. The van der Waals surface area contributed by atoms with E-state index in [1.807, 2.05) is 6.92 Å². The van der Waals surface area contributed by atoms with Crippen molar-refractivity contribution < 1.29 is 22.0 Å². The van der Waals surface area contributed by atoms with Crippen LogP contribution in [-0.4, -0.2) is 27.4 Å². The van der Waals surface area contributed by atoms with Crippen LogP contribution in [-0.2, 0) is 21.2 Å². The Balaban J connectivity index is 1.69. The Labute approximate surface area is 186 Å². The molecule has 0 unspecified atom stereocenters. The van der Waals surface area contributed by atoms with E-state index in [0.29, 0.717) is 19.4 Å². The molecule has 168 valence electrons. The summed E-state index contributed by atoms with van der Waals surface area (Å²) in [6.07, 6.45) is 1.25. The molecule has 0 radical (unpaired) electrons. The van der Waals surface area contributed by atoms with Crippen LogP contribution < -0.4 is 9.62 Å². The first-order valence-electron chi connectivity index (χ1n) is 10.1. The van der Waals surface area contributed by atoms with E-state index in [1.54, 1.807) is 24.3 Å². The van der Waals surface area contributed by atoms with E-state index in [2.05, 4.69) is 5.32 Å². The van der Waals surface area contributed by atoms with Crippen molar-refractivity contribution in [2.45, 2.75) is 24.7 Å². The Morgan fingerprint density at radius 3 is 2.03 bits per heavy atom. The van der Waals surface area contributed by atoms with Crippen LogP contribution >= 0.6 is 0 Å². The number of sulfonamides is 1. The second kappa shape index (κ2) is 10.4. The van der Waals surface area contributed by atoms with Crippen LogP contribution in [0.1, 0.15) is 17.5 Å². The Morgan fingerprint density at radius 1 is 0.875 bits per heavy atom. The Morgan fingerprint density at radius 2 is 1.44 bits per heavy atom. The molecule has 0 heterocycles. The number of benzene rings is 3. The normalized spacial score (nSPS) is 11.2. The van der Waals surface area contributed by atoms with Gasteiger partial charge in [0, 0.05) is 6.54 Å². The van der Waals surface area contributed by atoms with E-state index in [1.165, 1.54) is 36.4 Å². The number of anilines is 1. The first kappa shape index (κ1) is 23.4. The lowest BCUT2D eigenvalue weighted by Gasteiger charge is -2.24. The molecule has 0 saturated heterocycles. The quantitative estimate of drug-likeness (QED) is 0.489. The van der Waals surface area contributed by atoms with Crippen LogP contribution in [0.2, 0.25) is 0 Å². The molecule has 0 aliphatic carbocycles. The highest BCUT2D eigenvalue weighted by molar-refractivity contribution is 7.92. The number of hydrogen-bond donors (Lipinski definition) is 1. The fourth-order valence-corrected chi connectivity index (χ4v) is 4.54. The number of aryl methyl sites for hydroxylation is 2. The van der Waals surface area contributed by atoms with Gasteiger partial charge in [-0.2, -0.15) is 0 Å². The van der Waals surface area contributed by atoms with E-state index in [-0.39, 0.29) is 16.4 Å². The average molecular weight is 459 g/mol.